The standard InChI is InChI=1S/C8H6ClN3O/c9-7-3-6(13)1-2-8(7)12-5-10-4-11-12/h1-5,13H. The predicted molar refractivity (Wildman–Crippen MR) is 48.0 cm³/mol. The summed E-state index contributed by atoms with van der Waals surface area (Å²) in [4.78, 5) is 3.79. The van der Waals surface area contributed by atoms with Crippen LogP contribution >= 0.6 is 11.6 Å². The Kier molecular flexibility index (Phi) is 1.90. The van der Waals surface area contributed by atoms with Crippen LogP contribution in [0.3, 0.4) is 0 Å². The molecule has 4 nitrogen and oxygen atoms in total. The summed E-state index contributed by atoms with van der Waals surface area (Å²) < 4.78 is 1.53. The molecule has 0 saturated heterocycles. The highest BCUT2D eigenvalue weighted by atomic mass is 35.5. The quantitative estimate of drug-likeness (QED) is 0.753. The lowest BCUT2D eigenvalue weighted by molar-refractivity contribution is 0.475. The Morgan fingerprint density at radius 3 is 2.85 bits per heavy atom. The first-order valence-electron chi connectivity index (χ1n) is 3.61. The first-order chi connectivity index (χ1) is 6.27. The van der Waals surface area contributed by atoms with Gasteiger partial charge in [0.05, 0.1) is 10.7 Å². The Hall–Kier alpha value is -1.55. The topological polar surface area (TPSA) is 50.9 Å². The molecule has 1 aromatic carbocycles. The molecule has 0 saturated carbocycles. The third-order valence-electron chi connectivity index (χ3n) is 1.60. The minimum atomic E-state index is 0.133. The molecule has 0 aliphatic heterocycles. The Labute approximate surface area is 79.4 Å². The Bertz CT molecular complexity index is 413. The minimum absolute atomic E-state index is 0.133. The first kappa shape index (κ1) is 8.07. The molecular weight excluding hydrogens is 190 g/mol. The summed E-state index contributed by atoms with van der Waals surface area (Å²) in [6.07, 6.45) is 2.96. The Balaban J connectivity index is 2.53. The fourth-order valence-corrected chi connectivity index (χ4v) is 1.28. The lowest BCUT2D eigenvalue weighted by Gasteiger charge is -2.02. The van der Waals surface area contributed by atoms with Crippen molar-refractivity contribution in [2.45, 2.75) is 0 Å². The van der Waals surface area contributed by atoms with Crippen LogP contribution in [0.25, 0.3) is 5.69 Å². The molecule has 66 valence electrons. The summed E-state index contributed by atoms with van der Waals surface area (Å²) in [6.45, 7) is 0. The number of benzene rings is 1. The maximum atomic E-state index is 9.11. The van der Waals surface area contributed by atoms with Crippen LogP contribution in [0.4, 0.5) is 0 Å². The summed E-state index contributed by atoms with van der Waals surface area (Å²) in [5, 5.41) is 13.5. The average molecular weight is 196 g/mol. The molecular formula is C8H6ClN3O. The average Bonchev–Trinajstić information content (AvgIpc) is 2.56. The van der Waals surface area contributed by atoms with Gasteiger partial charge in [0.2, 0.25) is 0 Å². The van der Waals surface area contributed by atoms with Gasteiger partial charge in [-0.1, -0.05) is 11.6 Å². The van der Waals surface area contributed by atoms with Crippen LogP contribution in [0.2, 0.25) is 5.02 Å². The lowest BCUT2D eigenvalue weighted by Crippen LogP contribution is -1.94. The molecule has 2 aromatic rings. The molecule has 0 fully saturated rings. The smallest absolute Gasteiger partial charge is 0.138 e. The molecule has 0 aliphatic carbocycles. The number of halogens is 1. The van der Waals surface area contributed by atoms with Gasteiger partial charge in [-0.2, -0.15) is 5.10 Å². The van der Waals surface area contributed by atoms with Gasteiger partial charge in [0.1, 0.15) is 18.4 Å². The molecule has 5 heteroatoms. The predicted octanol–water partition coefficient (Wildman–Crippen LogP) is 1.63. The number of nitrogens with zero attached hydrogens (tertiary/aromatic N) is 3. The molecule has 0 atom stereocenters. The Morgan fingerprint density at radius 1 is 1.38 bits per heavy atom. The Morgan fingerprint density at radius 2 is 2.23 bits per heavy atom. The van der Waals surface area contributed by atoms with Gasteiger partial charge in [-0.3, -0.25) is 0 Å². The molecule has 0 spiro atoms. The van der Waals surface area contributed by atoms with Gasteiger partial charge in [0.25, 0.3) is 0 Å². The van der Waals surface area contributed by atoms with Crippen molar-refractivity contribution in [3.05, 3.63) is 35.9 Å². The van der Waals surface area contributed by atoms with Crippen LogP contribution < -0.4 is 0 Å². The molecule has 0 radical (unpaired) electrons. The van der Waals surface area contributed by atoms with Crippen molar-refractivity contribution in [1.29, 1.82) is 0 Å². The third kappa shape index (κ3) is 1.48. The van der Waals surface area contributed by atoms with Gasteiger partial charge in [-0.05, 0) is 12.1 Å². The molecule has 0 aliphatic rings. The van der Waals surface area contributed by atoms with Gasteiger partial charge in [0, 0.05) is 6.07 Å². The van der Waals surface area contributed by atoms with Crippen LogP contribution in [-0.2, 0) is 0 Å². The van der Waals surface area contributed by atoms with E-state index in [0.29, 0.717) is 10.7 Å². The van der Waals surface area contributed by atoms with Crippen LogP contribution in [-0.4, -0.2) is 19.9 Å². The number of hydrogen-bond acceptors (Lipinski definition) is 3. The van der Waals surface area contributed by atoms with Crippen molar-refractivity contribution in [3.63, 3.8) is 0 Å². The van der Waals surface area contributed by atoms with Crippen LogP contribution in [0.15, 0.2) is 30.9 Å². The second kappa shape index (κ2) is 3.06. The molecule has 0 bridgehead atoms. The highest BCUT2D eigenvalue weighted by Gasteiger charge is 2.03. The fraction of sp³-hybridized carbons (Fsp3) is 0. The molecule has 0 unspecified atom stereocenters. The number of aromatic nitrogens is 3. The van der Waals surface area contributed by atoms with E-state index in [4.69, 9.17) is 16.7 Å². The number of hydrogen-bond donors (Lipinski definition) is 1. The SMILES string of the molecule is Oc1ccc(-n2cncn2)c(Cl)c1. The number of rotatable bonds is 1. The maximum absolute atomic E-state index is 9.11. The number of phenols is 1. The van der Waals surface area contributed by atoms with Crippen LogP contribution in [0.1, 0.15) is 0 Å². The molecule has 1 heterocycles. The summed E-state index contributed by atoms with van der Waals surface area (Å²) in [5.41, 5.74) is 0.692. The van der Waals surface area contributed by atoms with Crippen molar-refractivity contribution in [2.75, 3.05) is 0 Å². The summed E-state index contributed by atoms with van der Waals surface area (Å²) in [5.74, 6) is 0.133. The zero-order chi connectivity index (χ0) is 9.26. The van der Waals surface area contributed by atoms with E-state index in [1.165, 1.54) is 23.4 Å². The molecule has 1 aromatic heterocycles. The molecule has 1 N–H and O–H groups in total. The van der Waals surface area contributed by atoms with Gasteiger partial charge in [0.15, 0.2) is 0 Å². The highest BCUT2D eigenvalue weighted by molar-refractivity contribution is 6.32. The van der Waals surface area contributed by atoms with E-state index >= 15 is 0 Å². The van der Waals surface area contributed by atoms with E-state index in [2.05, 4.69) is 10.1 Å². The summed E-state index contributed by atoms with van der Waals surface area (Å²) >= 11 is 5.87. The largest absolute Gasteiger partial charge is 0.508 e. The van der Waals surface area contributed by atoms with Crippen molar-refractivity contribution in [2.24, 2.45) is 0 Å². The van der Waals surface area contributed by atoms with E-state index in [1.807, 2.05) is 0 Å². The van der Waals surface area contributed by atoms with Gasteiger partial charge in [-0.25, -0.2) is 9.67 Å². The second-order valence-corrected chi connectivity index (χ2v) is 2.88. The summed E-state index contributed by atoms with van der Waals surface area (Å²) in [7, 11) is 0. The van der Waals surface area contributed by atoms with Crippen LogP contribution in [0, 0.1) is 0 Å². The highest BCUT2D eigenvalue weighted by Crippen LogP contribution is 2.23. The van der Waals surface area contributed by atoms with E-state index in [1.54, 1.807) is 12.1 Å². The molecule has 2 rings (SSSR count). The maximum Gasteiger partial charge on any atom is 0.138 e. The van der Waals surface area contributed by atoms with Gasteiger partial charge < -0.3 is 5.11 Å². The zero-order valence-corrected chi connectivity index (χ0v) is 7.31. The van der Waals surface area contributed by atoms with Gasteiger partial charge in [-0.15, -0.1) is 0 Å². The normalized spacial score (nSPS) is 10.2. The number of phenolic OH excluding ortho intramolecular Hbond substituents is 1. The van der Waals surface area contributed by atoms with Crippen molar-refractivity contribution >= 4 is 11.6 Å². The van der Waals surface area contributed by atoms with Crippen LogP contribution in [0.5, 0.6) is 5.75 Å². The lowest BCUT2D eigenvalue weighted by atomic mass is 10.3. The first-order valence-corrected chi connectivity index (χ1v) is 3.98. The second-order valence-electron chi connectivity index (χ2n) is 2.48. The van der Waals surface area contributed by atoms with Gasteiger partial charge >= 0.3 is 0 Å². The van der Waals surface area contributed by atoms with E-state index in [9.17, 15) is 0 Å². The van der Waals surface area contributed by atoms with E-state index < -0.39 is 0 Å². The monoisotopic (exact) mass is 195 g/mol. The number of aromatic hydroxyl groups is 1. The van der Waals surface area contributed by atoms with E-state index in [-0.39, 0.29) is 5.75 Å². The fourth-order valence-electron chi connectivity index (χ4n) is 1.01. The van der Waals surface area contributed by atoms with Crippen molar-refractivity contribution in [3.8, 4) is 11.4 Å². The third-order valence-corrected chi connectivity index (χ3v) is 1.90. The van der Waals surface area contributed by atoms with E-state index in [0.717, 1.165) is 0 Å². The minimum Gasteiger partial charge on any atom is -0.508 e. The van der Waals surface area contributed by atoms with Crippen molar-refractivity contribution < 1.29 is 5.11 Å². The zero-order valence-electron chi connectivity index (χ0n) is 6.55. The molecule has 0 amide bonds. The van der Waals surface area contributed by atoms with Crippen molar-refractivity contribution in [1.82, 2.24) is 14.8 Å². The summed E-state index contributed by atoms with van der Waals surface area (Å²) in [6, 6.07) is 4.67. The molecule has 13 heavy (non-hydrogen) atoms.